The lowest BCUT2D eigenvalue weighted by Gasteiger charge is -2.19. The van der Waals surface area contributed by atoms with Gasteiger partial charge < -0.3 is 19.8 Å². The number of esters is 1. The highest BCUT2D eigenvalue weighted by Gasteiger charge is 2.33. The predicted octanol–water partition coefficient (Wildman–Crippen LogP) is 5.96. The Kier molecular flexibility index (Phi) is 6.40. The zero-order chi connectivity index (χ0) is 24.5. The van der Waals surface area contributed by atoms with Crippen LogP contribution in [0, 0.1) is 18.3 Å². The summed E-state index contributed by atoms with van der Waals surface area (Å²) in [5.41, 5.74) is 6.05. The number of alkyl halides is 3. The number of hydrogen-bond acceptors (Lipinski definition) is 5. The Morgan fingerprint density at radius 3 is 2.42 bits per heavy atom. The Bertz CT molecular complexity index is 1250. The molecule has 0 spiro atoms. The number of nitrogens with zero attached hydrogens (tertiary/aromatic N) is 2. The van der Waals surface area contributed by atoms with Gasteiger partial charge in [-0.25, -0.2) is 4.79 Å². The molecule has 0 fully saturated rings. The number of halogens is 3. The zero-order valence-electron chi connectivity index (χ0n) is 18.4. The molecule has 6 nitrogen and oxygen atoms in total. The molecule has 33 heavy (non-hydrogen) atoms. The van der Waals surface area contributed by atoms with Gasteiger partial charge in [0.25, 0.3) is 0 Å². The van der Waals surface area contributed by atoms with Gasteiger partial charge >= 0.3 is 12.1 Å². The number of rotatable bonds is 5. The molecule has 3 aromatic rings. The van der Waals surface area contributed by atoms with Crippen LogP contribution in [-0.4, -0.2) is 17.6 Å². The van der Waals surface area contributed by atoms with E-state index in [-0.39, 0.29) is 34.3 Å². The van der Waals surface area contributed by atoms with Gasteiger partial charge in [-0.2, -0.15) is 18.4 Å². The maximum Gasteiger partial charge on any atom is 0.416 e. The first-order valence-electron chi connectivity index (χ1n) is 9.97. The molecule has 0 unspecified atom stereocenters. The SMILES string of the molecule is COC(=O)c1c(N)c(C#N)cn1-c1cc(C(F)(F)F)ccc1Oc1cc(C)ccc1C(C)C. The van der Waals surface area contributed by atoms with Crippen molar-refractivity contribution in [3.8, 4) is 23.3 Å². The minimum Gasteiger partial charge on any atom is -0.464 e. The Hall–Kier alpha value is -3.93. The molecule has 0 aliphatic carbocycles. The summed E-state index contributed by atoms with van der Waals surface area (Å²) < 4.78 is 52.5. The van der Waals surface area contributed by atoms with Crippen molar-refractivity contribution in [1.29, 1.82) is 5.26 Å². The fourth-order valence-corrected chi connectivity index (χ4v) is 3.40. The third-order valence-corrected chi connectivity index (χ3v) is 5.10. The predicted molar refractivity (Wildman–Crippen MR) is 117 cm³/mol. The molecule has 0 saturated heterocycles. The van der Waals surface area contributed by atoms with Crippen molar-refractivity contribution in [2.75, 3.05) is 12.8 Å². The van der Waals surface area contributed by atoms with Gasteiger partial charge in [-0.1, -0.05) is 26.0 Å². The molecule has 0 saturated carbocycles. The third kappa shape index (κ3) is 4.65. The van der Waals surface area contributed by atoms with Crippen LogP contribution in [-0.2, 0) is 10.9 Å². The van der Waals surface area contributed by atoms with Crippen LogP contribution in [0.5, 0.6) is 11.5 Å². The van der Waals surface area contributed by atoms with E-state index in [0.717, 1.165) is 34.9 Å². The summed E-state index contributed by atoms with van der Waals surface area (Å²) in [4.78, 5) is 12.4. The van der Waals surface area contributed by atoms with E-state index in [1.807, 2.05) is 39.0 Å². The number of carbonyl (C=O) groups is 1. The second-order valence-electron chi connectivity index (χ2n) is 7.76. The summed E-state index contributed by atoms with van der Waals surface area (Å²) in [5, 5.41) is 9.37. The van der Waals surface area contributed by atoms with Crippen molar-refractivity contribution in [2.45, 2.75) is 32.9 Å². The minimum atomic E-state index is -4.65. The van der Waals surface area contributed by atoms with Crippen LogP contribution in [0.1, 0.15) is 52.5 Å². The third-order valence-electron chi connectivity index (χ3n) is 5.10. The lowest BCUT2D eigenvalue weighted by atomic mass is 10.0. The number of anilines is 1. The van der Waals surface area contributed by atoms with Crippen molar-refractivity contribution in [1.82, 2.24) is 4.57 Å². The number of carbonyl (C=O) groups excluding carboxylic acids is 1. The molecule has 1 aromatic heterocycles. The number of aromatic nitrogens is 1. The standard InChI is InChI=1S/C24H22F3N3O3/c1-13(2)17-7-5-14(3)9-20(17)33-19-8-6-16(24(25,26)27)10-18(19)30-12-15(11-28)21(29)22(30)23(31)32-4/h5-10,12-13H,29H2,1-4H3. The van der Waals surface area contributed by atoms with E-state index in [9.17, 15) is 23.2 Å². The Balaban J connectivity index is 2.30. The number of methoxy groups -OCH3 is 1. The first kappa shape index (κ1) is 23.7. The fraction of sp³-hybridized carbons (Fsp3) is 0.250. The molecule has 0 amide bonds. The summed E-state index contributed by atoms with van der Waals surface area (Å²) in [6.45, 7) is 5.80. The summed E-state index contributed by atoms with van der Waals surface area (Å²) >= 11 is 0. The van der Waals surface area contributed by atoms with Gasteiger partial charge in [0.15, 0.2) is 11.4 Å². The molecule has 0 bridgehead atoms. The van der Waals surface area contributed by atoms with Crippen LogP contribution in [0.25, 0.3) is 5.69 Å². The van der Waals surface area contributed by atoms with E-state index in [2.05, 4.69) is 0 Å². The summed E-state index contributed by atoms with van der Waals surface area (Å²) in [6.07, 6.45) is -3.47. The van der Waals surface area contributed by atoms with Crippen molar-refractivity contribution < 1.29 is 27.4 Å². The maximum absolute atomic E-state index is 13.5. The van der Waals surface area contributed by atoms with Crippen molar-refractivity contribution in [2.24, 2.45) is 0 Å². The Morgan fingerprint density at radius 1 is 1.15 bits per heavy atom. The fourth-order valence-electron chi connectivity index (χ4n) is 3.40. The number of nitrogen functional groups attached to an aromatic ring is 1. The zero-order valence-corrected chi connectivity index (χ0v) is 18.4. The maximum atomic E-state index is 13.5. The van der Waals surface area contributed by atoms with E-state index >= 15 is 0 Å². The van der Waals surface area contributed by atoms with Gasteiger partial charge in [-0.3, -0.25) is 0 Å². The van der Waals surface area contributed by atoms with E-state index in [4.69, 9.17) is 15.2 Å². The monoisotopic (exact) mass is 457 g/mol. The lowest BCUT2D eigenvalue weighted by Crippen LogP contribution is -2.13. The molecule has 0 aliphatic heterocycles. The number of benzene rings is 2. The van der Waals surface area contributed by atoms with Crippen LogP contribution < -0.4 is 10.5 Å². The van der Waals surface area contributed by atoms with Crippen molar-refractivity contribution >= 4 is 11.7 Å². The summed E-state index contributed by atoms with van der Waals surface area (Å²) in [7, 11) is 1.11. The van der Waals surface area contributed by atoms with E-state index in [1.165, 1.54) is 12.3 Å². The van der Waals surface area contributed by atoms with Gasteiger partial charge in [0.2, 0.25) is 0 Å². The molecule has 0 atom stereocenters. The molecule has 2 N–H and O–H groups in total. The van der Waals surface area contributed by atoms with Crippen LogP contribution in [0.4, 0.5) is 18.9 Å². The quantitative estimate of drug-likeness (QED) is 0.478. The molecule has 0 radical (unpaired) electrons. The highest BCUT2D eigenvalue weighted by atomic mass is 19.4. The van der Waals surface area contributed by atoms with Crippen molar-refractivity contribution in [3.63, 3.8) is 0 Å². The van der Waals surface area contributed by atoms with Gasteiger partial charge in [0, 0.05) is 6.20 Å². The van der Waals surface area contributed by atoms with Crippen LogP contribution in [0.3, 0.4) is 0 Å². The molecule has 2 aromatic carbocycles. The number of nitriles is 1. The second kappa shape index (κ2) is 8.90. The first-order chi connectivity index (χ1) is 15.5. The van der Waals surface area contributed by atoms with Crippen molar-refractivity contribution in [3.05, 3.63) is 70.5 Å². The molecule has 1 heterocycles. The van der Waals surface area contributed by atoms with E-state index in [0.29, 0.717) is 5.75 Å². The van der Waals surface area contributed by atoms with Crippen LogP contribution >= 0.6 is 0 Å². The normalized spacial score (nSPS) is 11.4. The molecule has 3 rings (SSSR count). The number of hydrogen-bond donors (Lipinski definition) is 1. The van der Waals surface area contributed by atoms with Gasteiger partial charge in [0.1, 0.15) is 11.8 Å². The van der Waals surface area contributed by atoms with Gasteiger partial charge in [-0.15, -0.1) is 0 Å². The highest BCUT2D eigenvalue weighted by molar-refractivity contribution is 5.96. The molecule has 9 heteroatoms. The summed E-state index contributed by atoms with van der Waals surface area (Å²) in [5.74, 6) is -0.321. The molecule has 0 aliphatic rings. The second-order valence-corrected chi connectivity index (χ2v) is 7.76. The smallest absolute Gasteiger partial charge is 0.416 e. The number of ether oxygens (including phenoxy) is 2. The van der Waals surface area contributed by atoms with Gasteiger partial charge in [-0.05, 0) is 48.2 Å². The molecular weight excluding hydrogens is 435 g/mol. The van der Waals surface area contributed by atoms with Crippen LogP contribution in [0.15, 0.2) is 42.6 Å². The first-order valence-corrected chi connectivity index (χ1v) is 9.97. The van der Waals surface area contributed by atoms with E-state index in [1.54, 1.807) is 6.07 Å². The largest absolute Gasteiger partial charge is 0.464 e. The van der Waals surface area contributed by atoms with E-state index < -0.39 is 17.7 Å². The summed E-state index contributed by atoms with van der Waals surface area (Å²) in [6, 6.07) is 10.3. The topological polar surface area (TPSA) is 90.3 Å². The Morgan fingerprint density at radius 2 is 1.85 bits per heavy atom. The number of nitrogens with two attached hydrogens (primary N) is 1. The van der Waals surface area contributed by atoms with Gasteiger partial charge in [0.05, 0.1) is 29.6 Å². The highest BCUT2D eigenvalue weighted by Crippen LogP contribution is 2.39. The molecular formula is C24H22F3N3O3. The molecule has 172 valence electrons. The lowest BCUT2D eigenvalue weighted by molar-refractivity contribution is -0.137. The average molecular weight is 457 g/mol. The average Bonchev–Trinajstić information content (AvgIpc) is 3.08. The van der Waals surface area contributed by atoms with Crippen LogP contribution in [0.2, 0.25) is 0 Å². The Labute approximate surface area is 189 Å². The minimum absolute atomic E-state index is 0.0418. The number of aryl methyl sites for hydroxylation is 1.